The SMILES string of the molecule is CC1CN(C(=O)CSC2CCNCC2)C(C)CO1. The summed E-state index contributed by atoms with van der Waals surface area (Å²) in [5, 5.41) is 4.01. The first kappa shape index (κ1) is 14.2. The second kappa shape index (κ2) is 6.78. The number of nitrogens with zero attached hydrogens (tertiary/aromatic N) is 1. The third-order valence-corrected chi connectivity index (χ3v) is 5.01. The Morgan fingerprint density at radius 2 is 2.11 bits per heavy atom. The molecule has 2 saturated heterocycles. The zero-order chi connectivity index (χ0) is 13.0. The van der Waals surface area contributed by atoms with Crippen molar-refractivity contribution < 1.29 is 9.53 Å². The van der Waals surface area contributed by atoms with Crippen LogP contribution in [0.4, 0.5) is 0 Å². The highest BCUT2D eigenvalue weighted by molar-refractivity contribution is 8.00. The van der Waals surface area contributed by atoms with Gasteiger partial charge in [0.15, 0.2) is 0 Å². The van der Waals surface area contributed by atoms with E-state index in [1.54, 1.807) is 0 Å². The predicted octanol–water partition coefficient (Wildman–Crippen LogP) is 1.11. The lowest BCUT2D eigenvalue weighted by atomic mass is 10.2. The van der Waals surface area contributed by atoms with Crippen molar-refractivity contribution in [1.82, 2.24) is 10.2 Å². The number of carbonyl (C=O) groups excluding carboxylic acids is 1. The summed E-state index contributed by atoms with van der Waals surface area (Å²) in [6.45, 7) is 7.70. The van der Waals surface area contributed by atoms with E-state index >= 15 is 0 Å². The molecule has 2 aliphatic rings. The molecule has 0 aromatic rings. The van der Waals surface area contributed by atoms with Crippen LogP contribution in [-0.2, 0) is 9.53 Å². The maximum absolute atomic E-state index is 12.2. The van der Waals surface area contributed by atoms with Gasteiger partial charge < -0.3 is 15.0 Å². The molecule has 2 rings (SSSR count). The van der Waals surface area contributed by atoms with Crippen LogP contribution >= 0.6 is 11.8 Å². The van der Waals surface area contributed by atoms with Crippen LogP contribution in [0.15, 0.2) is 0 Å². The maximum Gasteiger partial charge on any atom is 0.232 e. The van der Waals surface area contributed by atoms with Gasteiger partial charge in [0.2, 0.25) is 5.91 Å². The van der Waals surface area contributed by atoms with Crippen LogP contribution in [0.3, 0.4) is 0 Å². The average Bonchev–Trinajstić information content (AvgIpc) is 2.40. The summed E-state index contributed by atoms with van der Waals surface area (Å²) < 4.78 is 5.56. The zero-order valence-electron chi connectivity index (χ0n) is 11.4. The fraction of sp³-hybridized carbons (Fsp3) is 0.923. The number of hydrogen-bond donors (Lipinski definition) is 1. The first-order valence-electron chi connectivity index (χ1n) is 6.90. The topological polar surface area (TPSA) is 41.6 Å². The summed E-state index contributed by atoms with van der Waals surface area (Å²) in [7, 11) is 0. The Labute approximate surface area is 114 Å². The number of piperidine rings is 1. The maximum atomic E-state index is 12.2. The van der Waals surface area contributed by atoms with Gasteiger partial charge in [0.1, 0.15) is 0 Å². The number of ether oxygens (including phenoxy) is 1. The Morgan fingerprint density at radius 1 is 1.39 bits per heavy atom. The Kier molecular flexibility index (Phi) is 5.33. The summed E-state index contributed by atoms with van der Waals surface area (Å²) in [6, 6.07) is 0.224. The number of carbonyl (C=O) groups is 1. The van der Waals surface area contributed by atoms with Crippen LogP contribution in [-0.4, -0.2) is 60.2 Å². The van der Waals surface area contributed by atoms with E-state index in [-0.39, 0.29) is 18.1 Å². The van der Waals surface area contributed by atoms with Gasteiger partial charge in [-0.1, -0.05) is 0 Å². The van der Waals surface area contributed by atoms with Gasteiger partial charge in [-0.15, -0.1) is 11.8 Å². The number of nitrogens with one attached hydrogen (secondary N) is 1. The average molecular weight is 272 g/mol. The summed E-state index contributed by atoms with van der Waals surface area (Å²) in [6.07, 6.45) is 2.55. The first-order chi connectivity index (χ1) is 8.66. The third-order valence-electron chi connectivity index (χ3n) is 3.66. The summed E-state index contributed by atoms with van der Waals surface area (Å²) in [4.78, 5) is 14.2. The lowest BCUT2D eigenvalue weighted by molar-refractivity contribution is -0.140. The minimum absolute atomic E-state index is 0.175. The quantitative estimate of drug-likeness (QED) is 0.835. The number of morpholine rings is 1. The molecule has 0 aromatic carbocycles. The molecule has 104 valence electrons. The fourth-order valence-corrected chi connectivity index (χ4v) is 3.60. The van der Waals surface area contributed by atoms with Crippen LogP contribution in [0.2, 0.25) is 0 Å². The van der Waals surface area contributed by atoms with Gasteiger partial charge in [0.05, 0.1) is 24.5 Å². The van der Waals surface area contributed by atoms with Crippen LogP contribution < -0.4 is 5.32 Å². The standard InChI is InChI=1S/C13H24N2O2S/c1-10-8-17-11(2)7-15(10)13(16)9-18-12-3-5-14-6-4-12/h10-12,14H,3-9H2,1-2H3. The van der Waals surface area contributed by atoms with Gasteiger partial charge in [-0.05, 0) is 39.8 Å². The van der Waals surface area contributed by atoms with Gasteiger partial charge in [-0.3, -0.25) is 4.79 Å². The van der Waals surface area contributed by atoms with Gasteiger partial charge >= 0.3 is 0 Å². The van der Waals surface area contributed by atoms with E-state index in [0.717, 1.165) is 19.6 Å². The molecule has 4 nitrogen and oxygen atoms in total. The lowest BCUT2D eigenvalue weighted by Gasteiger charge is -2.37. The molecule has 5 heteroatoms. The van der Waals surface area contributed by atoms with Crippen molar-refractivity contribution in [1.29, 1.82) is 0 Å². The molecule has 2 aliphatic heterocycles. The molecule has 2 heterocycles. The predicted molar refractivity (Wildman–Crippen MR) is 74.9 cm³/mol. The highest BCUT2D eigenvalue weighted by Crippen LogP contribution is 2.21. The molecular weight excluding hydrogens is 248 g/mol. The molecule has 0 aliphatic carbocycles. The fourth-order valence-electron chi connectivity index (χ4n) is 2.48. The second-order valence-electron chi connectivity index (χ2n) is 5.30. The molecule has 0 aromatic heterocycles. The van der Waals surface area contributed by atoms with Crippen LogP contribution in [0.25, 0.3) is 0 Å². The molecule has 18 heavy (non-hydrogen) atoms. The van der Waals surface area contributed by atoms with Crippen molar-refractivity contribution in [2.45, 2.75) is 44.1 Å². The Bertz CT molecular complexity index is 282. The second-order valence-corrected chi connectivity index (χ2v) is 6.59. The Morgan fingerprint density at radius 3 is 2.83 bits per heavy atom. The van der Waals surface area contributed by atoms with Gasteiger partial charge in [-0.2, -0.15) is 0 Å². The number of thioether (sulfide) groups is 1. The number of hydrogen-bond acceptors (Lipinski definition) is 4. The highest BCUT2D eigenvalue weighted by Gasteiger charge is 2.27. The molecule has 1 amide bonds. The van der Waals surface area contributed by atoms with Crippen molar-refractivity contribution in [3.8, 4) is 0 Å². The van der Waals surface area contributed by atoms with Gasteiger partial charge in [0, 0.05) is 11.8 Å². The summed E-state index contributed by atoms with van der Waals surface area (Å²) >= 11 is 1.83. The van der Waals surface area contributed by atoms with E-state index in [2.05, 4.69) is 12.2 Å². The third kappa shape index (κ3) is 3.87. The molecule has 0 saturated carbocycles. The molecule has 0 radical (unpaired) electrons. The van der Waals surface area contributed by atoms with E-state index in [0.29, 0.717) is 17.6 Å². The van der Waals surface area contributed by atoms with Crippen molar-refractivity contribution >= 4 is 17.7 Å². The van der Waals surface area contributed by atoms with Crippen LogP contribution in [0.1, 0.15) is 26.7 Å². The molecule has 1 N–H and O–H groups in total. The Balaban J connectivity index is 1.75. The van der Waals surface area contributed by atoms with Crippen molar-refractivity contribution in [3.63, 3.8) is 0 Å². The minimum atomic E-state index is 0.175. The van der Waals surface area contributed by atoms with Gasteiger partial charge in [0.25, 0.3) is 0 Å². The largest absolute Gasteiger partial charge is 0.375 e. The summed E-state index contributed by atoms with van der Waals surface area (Å²) in [5.74, 6) is 0.906. The van der Waals surface area contributed by atoms with E-state index < -0.39 is 0 Å². The van der Waals surface area contributed by atoms with Gasteiger partial charge in [-0.25, -0.2) is 0 Å². The van der Waals surface area contributed by atoms with Crippen LogP contribution in [0.5, 0.6) is 0 Å². The highest BCUT2D eigenvalue weighted by atomic mass is 32.2. The summed E-state index contributed by atoms with van der Waals surface area (Å²) in [5.41, 5.74) is 0. The number of rotatable bonds is 3. The molecule has 0 spiro atoms. The van der Waals surface area contributed by atoms with Crippen molar-refractivity contribution in [2.75, 3.05) is 32.0 Å². The van der Waals surface area contributed by atoms with Crippen LogP contribution in [0, 0.1) is 0 Å². The Hall–Kier alpha value is -0.260. The molecule has 0 bridgehead atoms. The molecular formula is C13H24N2O2S. The molecule has 2 atom stereocenters. The normalized spacial score (nSPS) is 30.4. The zero-order valence-corrected chi connectivity index (χ0v) is 12.2. The minimum Gasteiger partial charge on any atom is -0.375 e. The number of amides is 1. The smallest absolute Gasteiger partial charge is 0.232 e. The van der Waals surface area contributed by atoms with E-state index in [9.17, 15) is 4.79 Å². The van der Waals surface area contributed by atoms with Crippen molar-refractivity contribution in [2.24, 2.45) is 0 Å². The van der Waals surface area contributed by atoms with Crippen molar-refractivity contribution in [3.05, 3.63) is 0 Å². The van der Waals surface area contributed by atoms with E-state index in [1.807, 2.05) is 23.6 Å². The van der Waals surface area contributed by atoms with E-state index in [4.69, 9.17) is 4.74 Å². The van der Waals surface area contributed by atoms with E-state index in [1.165, 1.54) is 12.8 Å². The first-order valence-corrected chi connectivity index (χ1v) is 7.95. The molecule has 2 fully saturated rings. The molecule has 2 unspecified atom stereocenters. The monoisotopic (exact) mass is 272 g/mol. The lowest BCUT2D eigenvalue weighted by Crippen LogP contribution is -2.51.